The molecule has 0 spiro atoms. The molecule has 94 valence electrons. The monoisotopic (exact) mass is 247 g/mol. The summed E-state index contributed by atoms with van der Waals surface area (Å²) in [5.41, 5.74) is 3.65. The predicted octanol–water partition coefficient (Wildman–Crippen LogP) is 4.10. The van der Waals surface area contributed by atoms with Crippen molar-refractivity contribution in [3.05, 3.63) is 84.0 Å². The molecule has 1 aliphatic heterocycles. The third kappa shape index (κ3) is 2.50. The Labute approximate surface area is 114 Å². The molecule has 0 bridgehead atoms. The first kappa shape index (κ1) is 11.9. The van der Waals surface area contributed by atoms with Gasteiger partial charge in [-0.2, -0.15) is 0 Å². The summed E-state index contributed by atoms with van der Waals surface area (Å²) < 4.78 is 0. The highest BCUT2D eigenvalue weighted by molar-refractivity contribution is 6.14. The molecule has 0 aromatic heterocycles. The average molecular weight is 247 g/mol. The molecule has 0 fully saturated rings. The number of aliphatic imine (C=N–C) groups is 1. The van der Waals surface area contributed by atoms with Crippen molar-refractivity contribution in [3.8, 4) is 0 Å². The highest BCUT2D eigenvalue weighted by atomic mass is 14.8. The van der Waals surface area contributed by atoms with Crippen LogP contribution in [0.15, 0.2) is 83.4 Å². The maximum absolute atomic E-state index is 4.78. The normalized spacial score (nSPS) is 22.3. The van der Waals surface area contributed by atoms with Crippen LogP contribution in [-0.4, -0.2) is 11.8 Å². The minimum absolute atomic E-state index is 0.267. The third-order valence-corrected chi connectivity index (χ3v) is 3.40. The van der Waals surface area contributed by atoms with Crippen LogP contribution in [0.4, 0.5) is 0 Å². The summed E-state index contributed by atoms with van der Waals surface area (Å²) in [6, 6.07) is 10.7. The number of rotatable bonds is 2. The Morgan fingerprint density at radius 3 is 2.26 bits per heavy atom. The third-order valence-electron chi connectivity index (χ3n) is 3.40. The molecule has 1 unspecified atom stereocenters. The largest absolute Gasteiger partial charge is 0.277 e. The van der Waals surface area contributed by atoms with E-state index in [1.165, 1.54) is 11.1 Å². The van der Waals surface area contributed by atoms with E-state index in [1.807, 2.05) is 6.07 Å². The van der Waals surface area contributed by atoms with Gasteiger partial charge in [0, 0.05) is 5.92 Å². The van der Waals surface area contributed by atoms with Gasteiger partial charge in [0.05, 0.1) is 11.8 Å². The van der Waals surface area contributed by atoms with Gasteiger partial charge in [-0.15, -0.1) is 0 Å². The zero-order chi connectivity index (χ0) is 13.1. The van der Waals surface area contributed by atoms with Gasteiger partial charge in [0.15, 0.2) is 0 Å². The highest BCUT2D eigenvalue weighted by Gasteiger charge is 2.22. The van der Waals surface area contributed by atoms with Gasteiger partial charge in [0.1, 0.15) is 0 Å². The molecule has 3 rings (SSSR count). The van der Waals surface area contributed by atoms with Crippen LogP contribution >= 0.6 is 0 Å². The number of nitrogens with zero attached hydrogens (tertiary/aromatic N) is 1. The van der Waals surface area contributed by atoms with E-state index in [4.69, 9.17) is 4.99 Å². The van der Waals surface area contributed by atoms with Crippen LogP contribution in [0, 0.1) is 5.92 Å². The molecule has 19 heavy (non-hydrogen) atoms. The molecule has 0 N–H and O–H groups in total. The lowest BCUT2D eigenvalue weighted by Crippen LogP contribution is -2.08. The molecule has 0 saturated carbocycles. The lowest BCUT2D eigenvalue weighted by Gasteiger charge is -2.12. The first-order valence-electron chi connectivity index (χ1n) is 6.71. The molecule has 1 aliphatic carbocycles. The summed E-state index contributed by atoms with van der Waals surface area (Å²) in [5.74, 6) is 0.318. The molecule has 1 heterocycles. The number of hydrogen-bond donors (Lipinski definition) is 0. The summed E-state index contributed by atoms with van der Waals surface area (Å²) >= 11 is 0. The van der Waals surface area contributed by atoms with E-state index in [0.717, 1.165) is 5.71 Å². The Morgan fingerprint density at radius 2 is 1.58 bits per heavy atom. The second-order valence-electron chi connectivity index (χ2n) is 4.89. The molecule has 0 saturated heterocycles. The van der Waals surface area contributed by atoms with E-state index in [0.29, 0.717) is 5.92 Å². The van der Waals surface area contributed by atoms with Gasteiger partial charge in [-0.05, 0) is 18.1 Å². The number of benzene rings is 1. The number of hydrogen-bond acceptors (Lipinski definition) is 1. The second-order valence-corrected chi connectivity index (χ2v) is 4.89. The van der Waals surface area contributed by atoms with Crippen molar-refractivity contribution in [2.45, 2.75) is 13.0 Å². The molecular formula is C18H17N. The minimum Gasteiger partial charge on any atom is -0.277 e. The molecule has 2 aliphatic rings. The summed E-state index contributed by atoms with van der Waals surface area (Å²) in [6.07, 6.45) is 15.1. The molecule has 1 nitrogen and oxygen atoms in total. The maximum atomic E-state index is 4.78. The van der Waals surface area contributed by atoms with Crippen LogP contribution in [0.3, 0.4) is 0 Å². The van der Waals surface area contributed by atoms with E-state index < -0.39 is 0 Å². The topological polar surface area (TPSA) is 12.4 Å². The van der Waals surface area contributed by atoms with Crippen molar-refractivity contribution in [2.24, 2.45) is 10.9 Å². The van der Waals surface area contributed by atoms with Gasteiger partial charge in [-0.3, -0.25) is 4.99 Å². The maximum Gasteiger partial charge on any atom is 0.0692 e. The molecule has 0 amide bonds. The quantitative estimate of drug-likeness (QED) is 0.746. The lowest BCUT2D eigenvalue weighted by molar-refractivity contribution is 0.936. The van der Waals surface area contributed by atoms with Gasteiger partial charge in [-0.25, -0.2) is 0 Å². The predicted molar refractivity (Wildman–Crippen MR) is 81.4 cm³/mol. The summed E-state index contributed by atoms with van der Waals surface area (Å²) in [5, 5.41) is 0. The Hall–Kier alpha value is -2.15. The van der Waals surface area contributed by atoms with Crippen molar-refractivity contribution in [2.75, 3.05) is 0 Å². The van der Waals surface area contributed by atoms with Crippen molar-refractivity contribution in [1.82, 2.24) is 0 Å². The van der Waals surface area contributed by atoms with Crippen LogP contribution in [0.5, 0.6) is 0 Å². The van der Waals surface area contributed by atoms with Crippen molar-refractivity contribution < 1.29 is 0 Å². The van der Waals surface area contributed by atoms with Gasteiger partial charge >= 0.3 is 0 Å². The Bertz CT molecular complexity index is 584. The van der Waals surface area contributed by atoms with E-state index >= 15 is 0 Å². The van der Waals surface area contributed by atoms with Crippen molar-refractivity contribution in [3.63, 3.8) is 0 Å². The van der Waals surface area contributed by atoms with E-state index in [2.05, 4.69) is 73.7 Å². The summed E-state index contributed by atoms with van der Waals surface area (Å²) in [7, 11) is 0. The molecule has 1 aromatic rings. The zero-order valence-corrected chi connectivity index (χ0v) is 11.0. The second kappa shape index (κ2) is 5.23. The van der Waals surface area contributed by atoms with Gasteiger partial charge < -0.3 is 0 Å². The zero-order valence-electron chi connectivity index (χ0n) is 11.0. The number of allylic oxidation sites excluding steroid dienone is 7. The average Bonchev–Trinajstić information content (AvgIpc) is 2.66. The molecular weight excluding hydrogens is 230 g/mol. The van der Waals surface area contributed by atoms with Crippen molar-refractivity contribution >= 4 is 5.71 Å². The van der Waals surface area contributed by atoms with Crippen LogP contribution in [0.2, 0.25) is 0 Å². The Kier molecular flexibility index (Phi) is 3.28. The van der Waals surface area contributed by atoms with Crippen LogP contribution < -0.4 is 0 Å². The minimum atomic E-state index is 0.267. The molecule has 0 radical (unpaired) electrons. The van der Waals surface area contributed by atoms with E-state index in [-0.39, 0.29) is 6.04 Å². The lowest BCUT2D eigenvalue weighted by atomic mass is 9.91. The highest BCUT2D eigenvalue weighted by Crippen LogP contribution is 2.27. The van der Waals surface area contributed by atoms with Crippen LogP contribution in [0.1, 0.15) is 12.5 Å². The van der Waals surface area contributed by atoms with Crippen LogP contribution in [-0.2, 0) is 0 Å². The summed E-state index contributed by atoms with van der Waals surface area (Å²) in [6.45, 7) is 2.14. The first-order valence-corrected chi connectivity index (χ1v) is 6.71. The Balaban J connectivity index is 1.97. The fourth-order valence-electron chi connectivity index (χ4n) is 2.53. The smallest absolute Gasteiger partial charge is 0.0692 e. The first-order chi connectivity index (χ1) is 9.34. The fraction of sp³-hybridized carbons (Fsp3) is 0.167. The van der Waals surface area contributed by atoms with Crippen molar-refractivity contribution in [1.29, 1.82) is 0 Å². The summed E-state index contributed by atoms with van der Waals surface area (Å²) in [4.78, 5) is 4.78. The fourth-order valence-corrected chi connectivity index (χ4v) is 2.53. The van der Waals surface area contributed by atoms with Gasteiger partial charge in [0.25, 0.3) is 0 Å². The van der Waals surface area contributed by atoms with Crippen LogP contribution in [0.25, 0.3) is 0 Å². The molecule has 1 aromatic carbocycles. The molecule has 1 heteroatoms. The standard InChI is InChI=1S/C18H17N/c1-14-13-17(15-9-5-2-3-6-10-15)18(19-14)16-11-7-4-8-12-16/h2-15H,1H3. The Morgan fingerprint density at radius 1 is 0.895 bits per heavy atom. The van der Waals surface area contributed by atoms with E-state index in [1.54, 1.807) is 0 Å². The van der Waals surface area contributed by atoms with Gasteiger partial charge in [0.2, 0.25) is 0 Å². The van der Waals surface area contributed by atoms with E-state index in [9.17, 15) is 0 Å². The SMILES string of the molecule is CC1C=C(C2C=CC=CC=C2)C(c2ccccc2)=N1. The molecule has 1 atom stereocenters. The van der Waals surface area contributed by atoms with Gasteiger partial charge in [-0.1, -0.05) is 72.9 Å².